The molecule has 1 atom stereocenters. The van der Waals surface area contributed by atoms with E-state index in [1.165, 1.54) is 0 Å². The quantitative estimate of drug-likeness (QED) is 0.595. The molecule has 0 unspecified atom stereocenters. The van der Waals surface area contributed by atoms with Crippen LogP contribution in [0.2, 0.25) is 0 Å². The van der Waals surface area contributed by atoms with Crippen molar-refractivity contribution in [3.63, 3.8) is 0 Å². The van der Waals surface area contributed by atoms with Gasteiger partial charge in [0.1, 0.15) is 5.75 Å². The van der Waals surface area contributed by atoms with E-state index < -0.39 is 22.1 Å². The van der Waals surface area contributed by atoms with Crippen LogP contribution in [0.25, 0.3) is 0 Å². The van der Waals surface area contributed by atoms with Crippen LogP contribution in [0.3, 0.4) is 0 Å². The van der Waals surface area contributed by atoms with E-state index >= 15 is 0 Å². The zero-order valence-electron chi connectivity index (χ0n) is 6.12. The van der Waals surface area contributed by atoms with Crippen molar-refractivity contribution in [2.45, 2.75) is 25.4 Å². The van der Waals surface area contributed by atoms with E-state index in [2.05, 4.69) is 0 Å². The van der Waals surface area contributed by atoms with Crippen LogP contribution in [-0.4, -0.2) is 26.9 Å². The summed E-state index contributed by atoms with van der Waals surface area (Å²) in [6, 6.07) is 0. The third kappa shape index (κ3) is 3.67. The number of hydrogen-bond donors (Lipinski definition) is 0. The Bertz CT molecular complexity index is 206. The first-order valence-electron chi connectivity index (χ1n) is 3.62. The molecule has 11 heavy (non-hydrogen) atoms. The van der Waals surface area contributed by atoms with Gasteiger partial charge in [-0.2, -0.15) is 8.42 Å². The van der Waals surface area contributed by atoms with Gasteiger partial charge >= 0.3 is 10.2 Å². The molecule has 5 heteroatoms. The van der Waals surface area contributed by atoms with Crippen molar-refractivity contribution in [2.24, 2.45) is 0 Å². The zero-order valence-corrected chi connectivity index (χ0v) is 6.94. The first-order chi connectivity index (χ1) is 5.08. The van der Waals surface area contributed by atoms with Crippen LogP contribution in [0.4, 0.5) is 3.89 Å². The molecule has 0 aliphatic carbocycles. The average Bonchev–Trinajstić information content (AvgIpc) is 1.85. The van der Waals surface area contributed by atoms with Gasteiger partial charge in [-0.15, -0.1) is 3.89 Å². The maximum atomic E-state index is 12.1. The first-order valence-corrected chi connectivity index (χ1v) is 5.17. The maximum Gasteiger partial charge on any atom is 0.304 e. The molecule has 0 aromatic carbocycles. The third-order valence-electron chi connectivity index (χ3n) is 1.66. The molecule has 0 saturated carbocycles. The number of halogens is 1. The Kier molecular flexibility index (Phi) is 2.84. The van der Waals surface area contributed by atoms with E-state index in [0.29, 0.717) is 13.0 Å². The lowest BCUT2D eigenvalue weighted by Gasteiger charge is -2.20. The number of ether oxygens (including phenoxy) is 1. The fourth-order valence-electron chi connectivity index (χ4n) is 1.16. The summed E-state index contributed by atoms with van der Waals surface area (Å²) < 4.78 is 37.4. The topological polar surface area (TPSA) is 43.4 Å². The summed E-state index contributed by atoms with van der Waals surface area (Å²) in [4.78, 5) is 0. The molecule has 0 aromatic rings. The lowest BCUT2D eigenvalue weighted by Crippen LogP contribution is -2.25. The average molecular weight is 182 g/mol. The highest BCUT2D eigenvalue weighted by molar-refractivity contribution is 7.86. The Labute approximate surface area is 65.8 Å². The predicted octanol–water partition coefficient (Wildman–Crippen LogP) is 0.855. The van der Waals surface area contributed by atoms with Gasteiger partial charge in [0, 0.05) is 6.61 Å². The molecule has 1 aliphatic heterocycles. The molecule has 1 rings (SSSR count). The van der Waals surface area contributed by atoms with Crippen LogP contribution in [0.15, 0.2) is 0 Å². The second-order valence-electron chi connectivity index (χ2n) is 2.69. The van der Waals surface area contributed by atoms with Gasteiger partial charge in [-0.1, -0.05) is 0 Å². The highest BCUT2D eigenvalue weighted by atomic mass is 32.3. The first kappa shape index (κ1) is 8.93. The zero-order chi connectivity index (χ0) is 8.32. The predicted molar refractivity (Wildman–Crippen MR) is 38.5 cm³/mol. The molecule has 1 aliphatic rings. The Morgan fingerprint density at radius 1 is 1.45 bits per heavy atom. The van der Waals surface area contributed by atoms with Gasteiger partial charge in [-0.05, 0) is 19.3 Å². The molecule has 0 radical (unpaired) electrons. The molecule has 3 nitrogen and oxygen atoms in total. The van der Waals surface area contributed by atoms with Gasteiger partial charge in [0.25, 0.3) is 0 Å². The number of hydrogen-bond acceptors (Lipinski definition) is 3. The minimum Gasteiger partial charge on any atom is -0.377 e. The van der Waals surface area contributed by atoms with Gasteiger partial charge in [-0.3, -0.25) is 0 Å². The molecule has 1 fully saturated rings. The lowest BCUT2D eigenvalue weighted by atomic mass is 10.1. The van der Waals surface area contributed by atoms with Gasteiger partial charge in [0.05, 0.1) is 6.10 Å². The van der Waals surface area contributed by atoms with Crippen LogP contribution in [0, 0.1) is 0 Å². The Hall–Kier alpha value is -0.160. The van der Waals surface area contributed by atoms with Crippen molar-refractivity contribution in [3.05, 3.63) is 0 Å². The smallest absolute Gasteiger partial charge is 0.304 e. The van der Waals surface area contributed by atoms with Gasteiger partial charge in [0.2, 0.25) is 0 Å². The summed E-state index contributed by atoms with van der Waals surface area (Å²) in [7, 11) is -4.35. The van der Waals surface area contributed by atoms with Crippen LogP contribution < -0.4 is 0 Å². The van der Waals surface area contributed by atoms with Crippen LogP contribution in [-0.2, 0) is 15.0 Å². The van der Waals surface area contributed by atoms with E-state index in [0.717, 1.165) is 12.8 Å². The van der Waals surface area contributed by atoms with Crippen molar-refractivity contribution >= 4 is 10.2 Å². The normalized spacial score (nSPS) is 26.8. The minimum atomic E-state index is -4.35. The summed E-state index contributed by atoms with van der Waals surface area (Å²) in [6.07, 6.45) is 2.12. The van der Waals surface area contributed by atoms with E-state index in [1.807, 2.05) is 0 Å². The SMILES string of the molecule is O=S(=O)(F)C[C@H]1CCCCO1. The Balaban J connectivity index is 2.36. The Morgan fingerprint density at radius 2 is 2.18 bits per heavy atom. The molecule has 1 saturated heterocycles. The third-order valence-corrected chi connectivity index (χ3v) is 2.43. The van der Waals surface area contributed by atoms with Gasteiger partial charge in [-0.25, -0.2) is 0 Å². The molecule has 0 aromatic heterocycles. The molecule has 66 valence electrons. The van der Waals surface area contributed by atoms with E-state index in [4.69, 9.17) is 4.74 Å². The summed E-state index contributed by atoms with van der Waals surface area (Å²) in [5, 5.41) is 0. The molecular formula is C6H11FO3S. The van der Waals surface area contributed by atoms with Crippen LogP contribution in [0.1, 0.15) is 19.3 Å². The number of rotatable bonds is 2. The standard InChI is InChI=1S/C6H11FO3S/c7-11(8,9)5-6-3-1-2-4-10-6/h6H,1-5H2/t6-/m1/s1. The van der Waals surface area contributed by atoms with Gasteiger partial charge < -0.3 is 4.74 Å². The van der Waals surface area contributed by atoms with Crippen molar-refractivity contribution < 1.29 is 17.0 Å². The van der Waals surface area contributed by atoms with Crippen molar-refractivity contribution in [1.82, 2.24) is 0 Å². The van der Waals surface area contributed by atoms with E-state index in [-0.39, 0.29) is 0 Å². The fraction of sp³-hybridized carbons (Fsp3) is 1.00. The Morgan fingerprint density at radius 3 is 2.64 bits per heavy atom. The van der Waals surface area contributed by atoms with Crippen molar-refractivity contribution in [3.8, 4) is 0 Å². The van der Waals surface area contributed by atoms with E-state index in [9.17, 15) is 12.3 Å². The monoisotopic (exact) mass is 182 g/mol. The van der Waals surface area contributed by atoms with Crippen molar-refractivity contribution in [2.75, 3.05) is 12.4 Å². The van der Waals surface area contributed by atoms with Crippen molar-refractivity contribution in [1.29, 1.82) is 0 Å². The highest BCUT2D eigenvalue weighted by Gasteiger charge is 2.20. The summed E-state index contributed by atoms with van der Waals surface area (Å²) >= 11 is 0. The summed E-state index contributed by atoms with van der Waals surface area (Å²) in [6.45, 7) is 0.556. The molecule has 0 N–H and O–H groups in total. The lowest BCUT2D eigenvalue weighted by molar-refractivity contribution is 0.0301. The maximum absolute atomic E-state index is 12.1. The largest absolute Gasteiger partial charge is 0.377 e. The molecule has 0 spiro atoms. The molecule has 1 heterocycles. The molecule has 0 bridgehead atoms. The van der Waals surface area contributed by atoms with Crippen LogP contribution >= 0.6 is 0 Å². The fourth-order valence-corrected chi connectivity index (χ4v) is 1.87. The summed E-state index contributed by atoms with van der Waals surface area (Å²) in [5.74, 6) is -0.479. The highest BCUT2D eigenvalue weighted by Crippen LogP contribution is 2.14. The van der Waals surface area contributed by atoms with Gasteiger partial charge in [0.15, 0.2) is 0 Å². The molecule has 0 amide bonds. The second kappa shape index (κ2) is 3.49. The van der Waals surface area contributed by atoms with E-state index in [1.54, 1.807) is 0 Å². The van der Waals surface area contributed by atoms with Crippen LogP contribution in [0.5, 0.6) is 0 Å². The minimum absolute atomic E-state index is 0.418. The summed E-state index contributed by atoms with van der Waals surface area (Å²) in [5.41, 5.74) is 0. The molecular weight excluding hydrogens is 171 g/mol. The second-order valence-corrected chi connectivity index (χ2v) is 4.11.